The van der Waals surface area contributed by atoms with Gasteiger partial charge in [0, 0.05) is 34.0 Å². The van der Waals surface area contributed by atoms with E-state index in [0.29, 0.717) is 30.2 Å². The van der Waals surface area contributed by atoms with Gasteiger partial charge < -0.3 is 36.1 Å². The summed E-state index contributed by atoms with van der Waals surface area (Å²) in [5.74, 6) is 0.559. The van der Waals surface area contributed by atoms with Crippen LogP contribution in [0.4, 0.5) is 11.4 Å². The lowest BCUT2D eigenvalue weighted by Gasteiger charge is -2.37. The number of phenolic OH excluding ortho intramolecular Hbond substituents is 1. The van der Waals surface area contributed by atoms with Crippen molar-refractivity contribution in [2.45, 2.75) is 45.6 Å². The van der Waals surface area contributed by atoms with Crippen molar-refractivity contribution in [3.05, 3.63) is 89.0 Å². The molecule has 44 heavy (non-hydrogen) atoms. The molecule has 0 radical (unpaired) electrons. The number of fused-ring (bicyclic) bond motifs is 3. The number of esters is 1. The smallest absolute Gasteiger partial charge is 0.338 e. The van der Waals surface area contributed by atoms with Crippen molar-refractivity contribution < 1.29 is 28.9 Å². The molecule has 1 amide bonds. The van der Waals surface area contributed by atoms with Gasteiger partial charge in [0.2, 0.25) is 0 Å². The number of rotatable bonds is 9. The van der Waals surface area contributed by atoms with E-state index in [1.54, 1.807) is 31.2 Å². The second kappa shape index (κ2) is 12.5. The molecule has 0 aliphatic carbocycles. The lowest BCUT2D eigenvalue weighted by molar-refractivity contribution is 0.0437. The van der Waals surface area contributed by atoms with Crippen LogP contribution in [0.25, 0.3) is 10.8 Å². The van der Waals surface area contributed by atoms with Crippen molar-refractivity contribution in [1.82, 2.24) is 0 Å². The Hall–Kier alpha value is -5.25. The van der Waals surface area contributed by atoms with Crippen LogP contribution in [0.3, 0.4) is 0 Å². The Balaban J connectivity index is 1.22. The largest absolute Gasteiger partial charge is 0.507 e. The zero-order valence-electron chi connectivity index (χ0n) is 25.0. The second-order valence-corrected chi connectivity index (χ2v) is 11.0. The Morgan fingerprint density at radius 3 is 2.45 bits per heavy atom. The van der Waals surface area contributed by atoms with Crippen LogP contribution in [-0.2, 0) is 11.2 Å². The highest BCUT2D eigenvalue weighted by atomic mass is 16.5. The van der Waals surface area contributed by atoms with Gasteiger partial charge in [-0.05, 0) is 81.6 Å². The first-order valence-corrected chi connectivity index (χ1v) is 14.4. The van der Waals surface area contributed by atoms with Crippen molar-refractivity contribution >= 4 is 40.0 Å². The predicted octanol–water partition coefficient (Wildman–Crippen LogP) is 5.74. The number of nitrogens with one attached hydrogen (secondary N) is 1. The summed E-state index contributed by atoms with van der Waals surface area (Å²) in [6.45, 7) is 6.33. The first kappa shape index (κ1) is 30.2. The van der Waals surface area contributed by atoms with Gasteiger partial charge in [-0.1, -0.05) is 24.3 Å². The summed E-state index contributed by atoms with van der Waals surface area (Å²) in [5, 5.41) is 15.2. The summed E-state index contributed by atoms with van der Waals surface area (Å²) in [4.78, 5) is 29.3. The molecule has 0 saturated carbocycles. The van der Waals surface area contributed by atoms with Gasteiger partial charge in [-0.2, -0.15) is 0 Å². The number of ether oxygens (including phenoxy) is 3. The quantitative estimate of drug-likeness (QED) is 0.108. The highest BCUT2D eigenvalue weighted by molar-refractivity contribution is 6.06. The molecule has 228 valence electrons. The third-order valence-corrected chi connectivity index (χ3v) is 7.72. The Bertz CT molecular complexity index is 1750. The molecule has 0 bridgehead atoms. The SMILES string of the molecule is CCOC(=O)c1cc(N=C(N)N)cc(C(=O)Nc2ccc(OCCC3(C)CCc4c(C)c(O)c5ccccc5c4O3)cc2)c1. The monoisotopic (exact) mass is 596 g/mol. The number of anilines is 1. The average Bonchev–Trinajstić information content (AvgIpc) is 3.00. The van der Waals surface area contributed by atoms with Crippen LogP contribution in [0.1, 0.15) is 58.5 Å². The number of phenols is 1. The molecule has 1 heterocycles. The number of hydrogen-bond acceptors (Lipinski definition) is 7. The molecule has 0 aromatic heterocycles. The molecule has 1 atom stereocenters. The van der Waals surface area contributed by atoms with E-state index in [0.717, 1.165) is 40.5 Å². The molecule has 4 aromatic carbocycles. The Morgan fingerprint density at radius 2 is 1.75 bits per heavy atom. The third kappa shape index (κ3) is 6.54. The first-order chi connectivity index (χ1) is 21.1. The number of amides is 1. The molecule has 1 aliphatic rings. The minimum atomic E-state index is -0.588. The molecule has 1 unspecified atom stereocenters. The number of aromatic hydroxyl groups is 1. The van der Waals surface area contributed by atoms with Gasteiger partial charge in [0.1, 0.15) is 22.8 Å². The van der Waals surface area contributed by atoms with E-state index in [9.17, 15) is 14.7 Å². The number of carbonyl (C=O) groups is 2. The van der Waals surface area contributed by atoms with Crippen LogP contribution >= 0.6 is 0 Å². The van der Waals surface area contributed by atoms with Crippen molar-refractivity contribution in [2.75, 3.05) is 18.5 Å². The van der Waals surface area contributed by atoms with E-state index < -0.39 is 17.5 Å². The van der Waals surface area contributed by atoms with E-state index >= 15 is 0 Å². The standard InChI is InChI=1S/C34H36N4O6/c1-4-42-32(41)22-17-21(18-24(19-22)38-33(35)36)31(40)37-23-9-11-25(12-10-23)43-16-15-34(3)14-13-26-20(2)29(39)27-7-5-6-8-28(27)30(26)44-34/h5-12,17-19,39H,4,13-16H2,1-3H3,(H,37,40)(H4,35,36,38). The van der Waals surface area contributed by atoms with E-state index in [4.69, 9.17) is 25.7 Å². The van der Waals surface area contributed by atoms with Gasteiger partial charge in [0.05, 0.1) is 24.5 Å². The molecular formula is C34H36N4O6. The molecule has 5 rings (SSSR count). The predicted molar refractivity (Wildman–Crippen MR) is 170 cm³/mol. The zero-order valence-corrected chi connectivity index (χ0v) is 25.0. The molecule has 1 aliphatic heterocycles. The van der Waals surface area contributed by atoms with Gasteiger partial charge in [-0.25, -0.2) is 9.79 Å². The minimum Gasteiger partial charge on any atom is -0.507 e. The fourth-order valence-electron chi connectivity index (χ4n) is 5.36. The Morgan fingerprint density at radius 1 is 1.05 bits per heavy atom. The van der Waals surface area contributed by atoms with Crippen LogP contribution in [0.2, 0.25) is 0 Å². The summed E-state index contributed by atoms with van der Waals surface area (Å²) in [6, 6.07) is 19.1. The molecule has 0 saturated heterocycles. The average molecular weight is 597 g/mol. The first-order valence-electron chi connectivity index (χ1n) is 14.4. The van der Waals surface area contributed by atoms with E-state index in [-0.39, 0.29) is 29.4 Å². The van der Waals surface area contributed by atoms with Gasteiger partial charge in [-0.3, -0.25) is 4.79 Å². The summed E-state index contributed by atoms with van der Waals surface area (Å²) in [7, 11) is 0. The fraction of sp³-hybridized carbons (Fsp3) is 0.265. The normalized spacial score (nSPS) is 15.5. The molecule has 0 fully saturated rings. The number of nitrogens with two attached hydrogens (primary N) is 2. The van der Waals surface area contributed by atoms with E-state index in [2.05, 4.69) is 17.2 Å². The van der Waals surface area contributed by atoms with Crippen LogP contribution in [0, 0.1) is 6.92 Å². The topological polar surface area (TPSA) is 158 Å². The highest BCUT2D eigenvalue weighted by Crippen LogP contribution is 2.45. The van der Waals surface area contributed by atoms with Crippen molar-refractivity contribution in [3.63, 3.8) is 0 Å². The van der Waals surface area contributed by atoms with Gasteiger partial charge >= 0.3 is 5.97 Å². The molecular weight excluding hydrogens is 560 g/mol. The van der Waals surface area contributed by atoms with Crippen molar-refractivity contribution in [3.8, 4) is 17.2 Å². The number of hydrogen-bond donors (Lipinski definition) is 4. The molecule has 0 spiro atoms. The van der Waals surface area contributed by atoms with E-state index in [1.165, 1.54) is 18.2 Å². The van der Waals surface area contributed by atoms with Gasteiger partial charge in [0.15, 0.2) is 5.96 Å². The Kier molecular flexibility index (Phi) is 8.61. The number of nitrogens with zero attached hydrogens (tertiary/aromatic N) is 1. The molecule has 6 N–H and O–H groups in total. The maximum atomic E-state index is 13.0. The van der Waals surface area contributed by atoms with Crippen molar-refractivity contribution in [2.24, 2.45) is 16.5 Å². The van der Waals surface area contributed by atoms with Crippen LogP contribution in [0.5, 0.6) is 17.2 Å². The Labute approximate surface area is 255 Å². The molecule has 4 aromatic rings. The molecule has 10 nitrogen and oxygen atoms in total. The van der Waals surface area contributed by atoms with Crippen molar-refractivity contribution in [1.29, 1.82) is 0 Å². The number of guanidine groups is 1. The number of benzene rings is 4. The highest BCUT2D eigenvalue weighted by Gasteiger charge is 2.34. The van der Waals surface area contributed by atoms with Crippen LogP contribution in [0.15, 0.2) is 71.7 Å². The third-order valence-electron chi connectivity index (χ3n) is 7.72. The minimum absolute atomic E-state index is 0.156. The number of aliphatic imine (C=N–C) groups is 1. The maximum Gasteiger partial charge on any atom is 0.338 e. The lowest BCUT2D eigenvalue weighted by Crippen LogP contribution is -2.38. The fourth-order valence-corrected chi connectivity index (χ4v) is 5.36. The zero-order chi connectivity index (χ0) is 31.4. The second-order valence-electron chi connectivity index (χ2n) is 11.0. The molecule has 10 heteroatoms. The van der Waals surface area contributed by atoms with E-state index in [1.807, 2.05) is 31.2 Å². The van der Waals surface area contributed by atoms with Crippen LogP contribution in [-0.4, -0.2) is 41.8 Å². The van der Waals surface area contributed by atoms with Gasteiger partial charge in [0.25, 0.3) is 5.91 Å². The van der Waals surface area contributed by atoms with Gasteiger partial charge in [-0.15, -0.1) is 0 Å². The summed E-state index contributed by atoms with van der Waals surface area (Å²) in [5.41, 5.74) is 13.6. The summed E-state index contributed by atoms with van der Waals surface area (Å²) in [6.07, 6.45) is 2.27. The lowest BCUT2D eigenvalue weighted by atomic mass is 9.86. The van der Waals surface area contributed by atoms with Crippen LogP contribution < -0.4 is 26.3 Å². The summed E-state index contributed by atoms with van der Waals surface area (Å²) < 4.78 is 17.7. The maximum absolute atomic E-state index is 13.0. The number of carbonyl (C=O) groups excluding carboxylic acids is 2. The summed E-state index contributed by atoms with van der Waals surface area (Å²) >= 11 is 0.